The smallest absolute Gasteiger partial charge is 0.264 e. The van der Waals surface area contributed by atoms with E-state index >= 15 is 0 Å². The molecule has 0 bridgehead atoms. The number of hydrogen-bond acceptors (Lipinski definition) is 4. The molecular formula is C32H41N3O4S. The predicted molar refractivity (Wildman–Crippen MR) is 161 cm³/mol. The molecular weight excluding hydrogens is 522 g/mol. The molecule has 1 unspecified atom stereocenters. The molecule has 3 rings (SSSR count). The maximum absolute atomic E-state index is 14.1. The van der Waals surface area contributed by atoms with E-state index in [9.17, 15) is 18.0 Å². The zero-order chi connectivity index (χ0) is 29.4. The number of carbonyl (C=O) groups is 2. The maximum Gasteiger partial charge on any atom is 0.264 e. The second kappa shape index (κ2) is 13.6. The molecule has 3 aromatic rings. The molecule has 1 atom stereocenters. The third-order valence-electron chi connectivity index (χ3n) is 6.85. The van der Waals surface area contributed by atoms with E-state index in [1.807, 2.05) is 71.9 Å². The van der Waals surface area contributed by atoms with Crippen LogP contribution in [0.2, 0.25) is 0 Å². The molecule has 0 radical (unpaired) electrons. The van der Waals surface area contributed by atoms with Gasteiger partial charge in [0.25, 0.3) is 10.0 Å². The van der Waals surface area contributed by atoms with Crippen LogP contribution in [-0.4, -0.2) is 44.3 Å². The molecule has 7 nitrogen and oxygen atoms in total. The van der Waals surface area contributed by atoms with E-state index in [0.29, 0.717) is 18.7 Å². The Labute approximate surface area is 239 Å². The maximum atomic E-state index is 14.1. The first kappa shape index (κ1) is 30.9. The zero-order valence-corrected chi connectivity index (χ0v) is 25.2. The van der Waals surface area contributed by atoms with Crippen LogP contribution in [0, 0.1) is 26.7 Å². The van der Waals surface area contributed by atoms with Crippen molar-refractivity contribution in [2.75, 3.05) is 17.4 Å². The highest BCUT2D eigenvalue weighted by molar-refractivity contribution is 7.92. The van der Waals surface area contributed by atoms with Crippen LogP contribution in [0.15, 0.2) is 77.7 Å². The van der Waals surface area contributed by atoms with Crippen LogP contribution in [0.4, 0.5) is 5.69 Å². The van der Waals surface area contributed by atoms with E-state index in [0.717, 1.165) is 26.6 Å². The number of amides is 2. The van der Waals surface area contributed by atoms with E-state index in [4.69, 9.17) is 0 Å². The van der Waals surface area contributed by atoms with Crippen molar-refractivity contribution in [3.63, 3.8) is 0 Å². The number of carbonyl (C=O) groups excluding carboxylic acids is 2. The lowest BCUT2D eigenvalue weighted by atomic mass is 10.1. The molecule has 1 N–H and O–H groups in total. The average Bonchev–Trinajstić information content (AvgIpc) is 2.91. The van der Waals surface area contributed by atoms with E-state index in [1.54, 1.807) is 42.5 Å². The molecule has 8 heteroatoms. The second-order valence-corrected chi connectivity index (χ2v) is 12.5. The molecule has 0 saturated heterocycles. The molecule has 0 aromatic heterocycles. The number of benzene rings is 3. The van der Waals surface area contributed by atoms with Crippen molar-refractivity contribution in [1.29, 1.82) is 0 Å². The van der Waals surface area contributed by atoms with Crippen LogP contribution < -0.4 is 9.62 Å². The highest BCUT2D eigenvalue weighted by Gasteiger charge is 2.33. The van der Waals surface area contributed by atoms with Gasteiger partial charge in [-0.1, -0.05) is 74.9 Å². The molecule has 3 aromatic carbocycles. The standard InChI is InChI=1S/C32H41N3O4S/c1-7-30(32(37)33-20-23(2)3)34(21-27-13-9-8-12-26(27)6)31(36)22-35(28-14-10-11-25(5)19-28)40(38,39)29-17-15-24(4)16-18-29/h8-19,23,30H,7,20-22H2,1-6H3,(H,33,37). The molecule has 40 heavy (non-hydrogen) atoms. The van der Waals surface area contributed by atoms with Gasteiger partial charge < -0.3 is 10.2 Å². The number of nitrogens with one attached hydrogen (secondary N) is 1. The van der Waals surface area contributed by atoms with Gasteiger partial charge in [-0.2, -0.15) is 0 Å². The highest BCUT2D eigenvalue weighted by atomic mass is 32.2. The van der Waals surface area contributed by atoms with E-state index in [-0.39, 0.29) is 23.3 Å². The number of sulfonamides is 1. The van der Waals surface area contributed by atoms with Crippen molar-refractivity contribution >= 4 is 27.5 Å². The van der Waals surface area contributed by atoms with Crippen molar-refractivity contribution in [2.24, 2.45) is 5.92 Å². The Balaban J connectivity index is 2.06. The molecule has 0 aliphatic rings. The normalized spacial score (nSPS) is 12.2. The van der Waals surface area contributed by atoms with Crippen molar-refractivity contribution < 1.29 is 18.0 Å². The molecule has 0 saturated carbocycles. The van der Waals surface area contributed by atoms with Crippen LogP contribution in [0.3, 0.4) is 0 Å². The first-order valence-corrected chi connectivity index (χ1v) is 15.2. The molecule has 0 aliphatic heterocycles. The van der Waals surface area contributed by atoms with Gasteiger partial charge in [0.1, 0.15) is 12.6 Å². The largest absolute Gasteiger partial charge is 0.354 e. The lowest BCUT2D eigenvalue weighted by Gasteiger charge is -2.33. The summed E-state index contributed by atoms with van der Waals surface area (Å²) in [4.78, 5) is 29.1. The van der Waals surface area contributed by atoms with Gasteiger partial charge >= 0.3 is 0 Å². The van der Waals surface area contributed by atoms with Crippen molar-refractivity contribution in [3.8, 4) is 0 Å². The van der Waals surface area contributed by atoms with Gasteiger partial charge in [0.2, 0.25) is 11.8 Å². The average molecular weight is 564 g/mol. The Morgan fingerprint density at radius 3 is 2.15 bits per heavy atom. The predicted octanol–water partition coefficient (Wildman–Crippen LogP) is 5.39. The fraction of sp³-hybridized carbons (Fsp3) is 0.375. The number of aryl methyl sites for hydroxylation is 3. The molecule has 0 fully saturated rings. The summed E-state index contributed by atoms with van der Waals surface area (Å²) in [6.45, 7) is 11.8. The summed E-state index contributed by atoms with van der Waals surface area (Å²) in [6, 6.07) is 20.6. The van der Waals surface area contributed by atoms with Gasteiger partial charge in [0.05, 0.1) is 10.6 Å². The Kier molecular flexibility index (Phi) is 10.5. The third kappa shape index (κ3) is 7.72. The third-order valence-corrected chi connectivity index (χ3v) is 8.64. The van der Waals surface area contributed by atoms with Crippen LogP contribution in [0.1, 0.15) is 49.4 Å². The van der Waals surface area contributed by atoms with Crippen LogP contribution >= 0.6 is 0 Å². The van der Waals surface area contributed by atoms with Crippen molar-refractivity contribution in [2.45, 2.75) is 65.4 Å². The minimum absolute atomic E-state index is 0.0968. The Morgan fingerprint density at radius 2 is 1.55 bits per heavy atom. The minimum Gasteiger partial charge on any atom is -0.354 e. The van der Waals surface area contributed by atoms with Gasteiger partial charge in [-0.3, -0.25) is 13.9 Å². The van der Waals surface area contributed by atoms with Crippen molar-refractivity contribution in [1.82, 2.24) is 10.2 Å². The summed E-state index contributed by atoms with van der Waals surface area (Å²) in [7, 11) is -4.09. The Morgan fingerprint density at radius 1 is 0.875 bits per heavy atom. The quantitative estimate of drug-likeness (QED) is 0.320. The van der Waals surface area contributed by atoms with E-state index in [1.165, 1.54) is 4.90 Å². The topological polar surface area (TPSA) is 86.8 Å². The number of hydrogen-bond donors (Lipinski definition) is 1. The fourth-order valence-corrected chi connectivity index (χ4v) is 5.87. The zero-order valence-electron chi connectivity index (χ0n) is 24.3. The first-order chi connectivity index (χ1) is 18.9. The van der Waals surface area contributed by atoms with Crippen LogP contribution in [0.5, 0.6) is 0 Å². The summed E-state index contributed by atoms with van der Waals surface area (Å²) in [6.07, 6.45) is 0.386. The van der Waals surface area contributed by atoms with Gasteiger partial charge in [-0.25, -0.2) is 8.42 Å². The molecule has 0 spiro atoms. The Hall–Kier alpha value is -3.65. The number of rotatable bonds is 12. The summed E-state index contributed by atoms with van der Waals surface area (Å²) in [5.41, 5.74) is 4.07. The van der Waals surface area contributed by atoms with Gasteiger partial charge in [0.15, 0.2) is 0 Å². The second-order valence-electron chi connectivity index (χ2n) is 10.7. The SMILES string of the molecule is CCC(C(=O)NCC(C)C)N(Cc1ccccc1C)C(=O)CN(c1cccc(C)c1)S(=O)(=O)c1ccc(C)cc1. The van der Waals surface area contributed by atoms with Gasteiger partial charge in [0, 0.05) is 13.1 Å². The molecule has 214 valence electrons. The highest BCUT2D eigenvalue weighted by Crippen LogP contribution is 2.26. The minimum atomic E-state index is -4.09. The lowest BCUT2D eigenvalue weighted by molar-refractivity contribution is -0.140. The molecule has 0 heterocycles. The summed E-state index contributed by atoms with van der Waals surface area (Å²) >= 11 is 0. The summed E-state index contributed by atoms with van der Waals surface area (Å²) in [5.74, 6) is -0.452. The lowest BCUT2D eigenvalue weighted by Crippen LogP contribution is -2.52. The van der Waals surface area contributed by atoms with E-state index < -0.39 is 28.5 Å². The molecule has 0 aliphatic carbocycles. The van der Waals surface area contributed by atoms with Gasteiger partial charge in [-0.05, 0) is 74.1 Å². The van der Waals surface area contributed by atoms with Gasteiger partial charge in [-0.15, -0.1) is 0 Å². The van der Waals surface area contributed by atoms with E-state index in [2.05, 4.69) is 5.32 Å². The van der Waals surface area contributed by atoms with Crippen LogP contribution in [-0.2, 0) is 26.2 Å². The fourth-order valence-electron chi connectivity index (χ4n) is 4.46. The van der Waals surface area contributed by atoms with Crippen molar-refractivity contribution in [3.05, 3.63) is 95.1 Å². The monoisotopic (exact) mass is 563 g/mol. The molecule has 2 amide bonds. The summed E-state index contributed by atoms with van der Waals surface area (Å²) < 4.78 is 29.1. The first-order valence-electron chi connectivity index (χ1n) is 13.7. The summed E-state index contributed by atoms with van der Waals surface area (Å²) in [5, 5.41) is 2.96. The number of nitrogens with zero attached hydrogens (tertiary/aromatic N) is 2. The van der Waals surface area contributed by atoms with Crippen LogP contribution in [0.25, 0.3) is 0 Å². The Bertz CT molecular complexity index is 1420. The number of anilines is 1.